The largest absolute Gasteiger partial charge is 0.490 e. The Hall–Kier alpha value is -2.80. The molecule has 0 saturated carbocycles. The highest BCUT2D eigenvalue weighted by Gasteiger charge is 2.27. The van der Waals surface area contributed by atoms with Gasteiger partial charge in [0.25, 0.3) is 5.91 Å². The fourth-order valence-electron chi connectivity index (χ4n) is 2.59. The summed E-state index contributed by atoms with van der Waals surface area (Å²) >= 11 is 5.97. The Morgan fingerprint density at radius 3 is 2.93 bits per heavy atom. The minimum Gasteiger partial charge on any atom is -0.490 e. The van der Waals surface area contributed by atoms with Crippen LogP contribution in [-0.4, -0.2) is 38.1 Å². The number of hydrogen-bond donors (Lipinski definition) is 1. The average molecular weight is 393 g/mol. The van der Waals surface area contributed by atoms with Crippen molar-refractivity contribution in [2.45, 2.75) is 6.42 Å². The van der Waals surface area contributed by atoms with Crippen molar-refractivity contribution in [3.8, 4) is 11.5 Å². The fourth-order valence-corrected chi connectivity index (χ4v) is 2.76. The van der Waals surface area contributed by atoms with Crippen molar-refractivity contribution < 1.29 is 23.5 Å². The third-order valence-electron chi connectivity index (χ3n) is 3.90. The minimum absolute atomic E-state index is 0.127. The van der Waals surface area contributed by atoms with Crippen LogP contribution < -0.4 is 19.7 Å². The van der Waals surface area contributed by atoms with Crippen LogP contribution in [0, 0.1) is 5.82 Å². The molecule has 142 valence electrons. The van der Waals surface area contributed by atoms with Gasteiger partial charge in [-0.25, -0.2) is 4.39 Å². The number of nitrogens with one attached hydrogen (secondary N) is 1. The van der Waals surface area contributed by atoms with Crippen LogP contribution in [0.25, 0.3) is 0 Å². The molecule has 1 aliphatic heterocycles. The maximum atomic E-state index is 13.4. The second-order valence-corrected chi connectivity index (χ2v) is 6.30. The van der Waals surface area contributed by atoms with Gasteiger partial charge in [0.05, 0.1) is 12.3 Å². The molecule has 1 aliphatic rings. The number of fused-ring (bicyclic) bond motifs is 1. The van der Waals surface area contributed by atoms with Crippen LogP contribution in [0.15, 0.2) is 42.5 Å². The first-order valence-electron chi connectivity index (χ1n) is 8.41. The number of para-hydroxylation sites is 1. The Morgan fingerprint density at radius 1 is 1.30 bits per heavy atom. The van der Waals surface area contributed by atoms with Crippen LogP contribution in [0.3, 0.4) is 0 Å². The maximum absolute atomic E-state index is 13.4. The van der Waals surface area contributed by atoms with Crippen molar-refractivity contribution in [3.63, 3.8) is 0 Å². The second-order valence-electron chi connectivity index (χ2n) is 5.86. The molecule has 8 heteroatoms. The lowest BCUT2D eigenvalue weighted by atomic mass is 10.2. The predicted molar refractivity (Wildman–Crippen MR) is 98.8 cm³/mol. The van der Waals surface area contributed by atoms with E-state index in [9.17, 15) is 14.0 Å². The van der Waals surface area contributed by atoms with E-state index in [0.29, 0.717) is 29.4 Å². The van der Waals surface area contributed by atoms with E-state index in [1.54, 1.807) is 36.4 Å². The van der Waals surface area contributed by atoms with Crippen LogP contribution in [0.5, 0.6) is 11.5 Å². The van der Waals surface area contributed by atoms with Gasteiger partial charge in [-0.2, -0.15) is 0 Å². The SMILES string of the molecule is O=C(CN1C(=O)COc2ccc(Cl)cc21)NCCCOc1ccccc1F. The molecule has 0 radical (unpaired) electrons. The summed E-state index contributed by atoms with van der Waals surface area (Å²) in [5.74, 6) is -0.379. The molecule has 1 N–H and O–H groups in total. The Morgan fingerprint density at radius 2 is 2.11 bits per heavy atom. The number of benzene rings is 2. The first-order chi connectivity index (χ1) is 13.0. The van der Waals surface area contributed by atoms with Gasteiger partial charge in [-0.1, -0.05) is 23.7 Å². The van der Waals surface area contributed by atoms with Gasteiger partial charge in [0.2, 0.25) is 5.91 Å². The molecule has 0 aromatic heterocycles. The van der Waals surface area contributed by atoms with Gasteiger partial charge in [0.15, 0.2) is 18.2 Å². The molecule has 0 unspecified atom stereocenters. The number of halogens is 2. The van der Waals surface area contributed by atoms with Gasteiger partial charge in [-0.3, -0.25) is 14.5 Å². The molecule has 3 rings (SSSR count). The molecule has 0 bridgehead atoms. The van der Waals surface area contributed by atoms with E-state index in [1.165, 1.54) is 11.0 Å². The van der Waals surface area contributed by atoms with Gasteiger partial charge >= 0.3 is 0 Å². The summed E-state index contributed by atoms with van der Waals surface area (Å²) in [5, 5.41) is 3.16. The molecule has 1 heterocycles. The Labute approximate surface area is 160 Å². The first-order valence-corrected chi connectivity index (χ1v) is 8.79. The molecule has 0 aliphatic carbocycles. The lowest BCUT2D eigenvalue weighted by Gasteiger charge is -2.29. The van der Waals surface area contributed by atoms with E-state index in [2.05, 4.69) is 5.32 Å². The number of anilines is 1. The molecule has 0 saturated heterocycles. The first kappa shape index (κ1) is 19.0. The number of hydrogen-bond acceptors (Lipinski definition) is 4. The smallest absolute Gasteiger partial charge is 0.265 e. The standard InChI is InChI=1S/C19H18ClFN2O4/c20-13-6-7-17-15(10-13)23(19(25)12-27-17)11-18(24)22-8-3-9-26-16-5-2-1-4-14(16)21/h1-2,4-7,10H,3,8-9,11-12H2,(H,22,24). The predicted octanol–water partition coefficient (Wildman–Crippen LogP) is 2.79. The van der Waals surface area contributed by atoms with Crippen LogP contribution in [0.1, 0.15) is 6.42 Å². The summed E-state index contributed by atoms with van der Waals surface area (Å²) in [6.07, 6.45) is 0.500. The number of rotatable bonds is 7. The van der Waals surface area contributed by atoms with Crippen molar-refractivity contribution in [1.29, 1.82) is 0 Å². The molecule has 2 amide bonds. The van der Waals surface area contributed by atoms with Crippen molar-refractivity contribution >= 4 is 29.1 Å². The van der Waals surface area contributed by atoms with Gasteiger partial charge < -0.3 is 14.8 Å². The molecular weight excluding hydrogens is 375 g/mol. The number of amides is 2. The van der Waals surface area contributed by atoms with Gasteiger partial charge in [-0.05, 0) is 36.8 Å². The highest BCUT2D eigenvalue weighted by molar-refractivity contribution is 6.31. The summed E-state index contributed by atoms with van der Waals surface area (Å²) in [4.78, 5) is 25.6. The monoisotopic (exact) mass is 392 g/mol. The van der Waals surface area contributed by atoms with E-state index in [1.807, 2.05) is 0 Å². The van der Waals surface area contributed by atoms with E-state index >= 15 is 0 Å². The molecule has 0 spiro atoms. The molecule has 6 nitrogen and oxygen atoms in total. The van der Waals surface area contributed by atoms with Gasteiger partial charge in [0.1, 0.15) is 12.3 Å². The topological polar surface area (TPSA) is 67.9 Å². The Kier molecular flexibility index (Phi) is 6.13. The summed E-state index contributed by atoms with van der Waals surface area (Å²) in [6, 6.07) is 11.0. The van der Waals surface area contributed by atoms with Crippen molar-refractivity contribution in [3.05, 3.63) is 53.3 Å². The number of carbonyl (C=O) groups is 2. The average Bonchev–Trinajstić information content (AvgIpc) is 2.65. The zero-order valence-electron chi connectivity index (χ0n) is 14.4. The van der Waals surface area contributed by atoms with Crippen molar-refractivity contribution in [1.82, 2.24) is 5.32 Å². The third kappa shape index (κ3) is 4.89. The summed E-state index contributed by atoms with van der Waals surface area (Å²) in [7, 11) is 0. The number of carbonyl (C=O) groups excluding carboxylic acids is 2. The van der Waals surface area contributed by atoms with Crippen LogP contribution in [-0.2, 0) is 9.59 Å². The van der Waals surface area contributed by atoms with E-state index in [-0.39, 0.29) is 37.3 Å². The van der Waals surface area contributed by atoms with Crippen LogP contribution in [0.2, 0.25) is 5.02 Å². The van der Waals surface area contributed by atoms with Gasteiger partial charge in [0, 0.05) is 11.6 Å². The molecule has 2 aromatic carbocycles. The number of ether oxygens (including phenoxy) is 2. The maximum Gasteiger partial charge on any atom is 0.265 e. The summed E-state index contributed by atoms with van der Waals surface area (Å²) < 4.78 is 24.1. The normalized spacial score (nSPS) is 13.0. The van der Waals surface area contributed by atoms with Crippen molar-refractivity contribution in [2.75, 3.05) is 31.2 Å². The molecule has 0 atom stereocenters. The lowest BCUT2D eigenvalue weighted by molar-refractivity contribution is -0.125. The Bertz CT molecular complexity index is 846. The van der Waals surface area contributed by atoms with Crippen molar-refractivity contribution in [2.24, 2.45) is 0 Å². The summed E-state index contributed by atoms with van der Waals surface area (Å²) in [6.45, 7) is 0.340. The zero-order valence-corrected chi connectivity index (χ0v) is 15.2. The van der Waals surface area contributed by atoms with Crippen LogP contribution >= 0.6 is 11.6 Å². The molecule has 27 heavy (non-hydrogen) atoms. The fraction of sp³-hybridized carbons (Fsp3) is 0.263. The highest BCUT2D eigenvalue weighted by atomic mass is 35.5. The minimum atomic E-state index is -0.426. The summed E-state index contributed by atoms with van der Waals surface area (Å²) in [5.41, 5.74) is 0.469. The van der Waals surface area contributed by atoms with E-state index < -0.39 is 5.82 Å². The molecule has 0 fully saturated rings. The van der Waals surface area contributed by atoms with Crippen LogP contribution in [0.4, 0.5) is 10.1 Å². The quantitative estimate of drug-likeness (QED) is 0.736. The van der Waals surface area contributed by atoms with E-state index in [0.717, 1.165) is 0 Å². The molecular formula is C19H18ClFN2O4. The van der Waals surface area contributed by atoms with E-state index in [4.69, 9.17) is 21.1 Å². The molecule has 2 aromatic rings. The second kappa shape index (κ2) is 8.73. The lowest BCUT2D eigenvalue weighted by Crippen LogP contribution is -2.45. The zero-order chi connectivity index (χ0) is 19.2. The third-order valence-corrected chi connectivity index (χ3v) is 4.14. The van der Waals surface area contributed by atoms with Gasteiger partial charge in [-0.15, -0.1) is 0 Å². The Balaban J connectivity index is 1.46. The highest BCUT2D eigenvalue weighted by Crippen LogP contribution is 2.34. The number of nitrogens with zero attached hydrogens (tertiary/aromatic N) is 1.